The molecular formula is C21H22F5N3O5. The van der Waals surface area contributed by atoms with Crippen LogP contribution in [0.2, 0.25) is 0 Å². The van der Waals surface area contributed by atoms with Gasteiger partial charge in [-0.15, -0.1) is 0 Å². The summed E-state index contributed by atoms with van der Waals surface area (Å²) in [7, 11) is 1.03. The molecule has 1 aliphatic rings. The van der Waals surface area contributed by atoms with Gasteiger partial charge in [-0.05, 0) is 13.0 Å². The number of nitrogens with one attached hydrogen (secondary N) is 1. The van der Waals surface area contributed by atoms with Gasteiger partial charge in [-0.25, -0.2) is 14.4 Å². The number of aliphatic hydroxyl groups is 2. The standard InChI is InChI=1S/C21H22F5N3O5/c1-9-14(11-4-5-12(22)15(23)16(11)33-3)17(34-20(9,2)21(24,25)26)19(32)29-10-6-27-18(28-7-10)13(31)8-30/h4-7,9,13-14,17,30-31H,8H2,1-3H3,(H,29,32)/t9-,13-,14?,17+,20+/m0/s1. The fourth-order valence-electron chi connectivity index (χ4n) is 3.91. The van der Waals surface area contributed by atoms with E-state index in [-0.39, 0.29) is 17.1 Å². The van der Waals surface area contributed by atoms with Crippen molar-refractivity contribution in [2.24, 2.45) is 5.92 Å². The highest BCUT2D eigenvalue weighted by Gasteiger charge is 2.65. The maximum Gasteiger partial charge on any atom is 0.417 e. The third-order valence-corrected chi connectivity index (χ3v) is 5.98. The number of rotatable bonds is 6. The van der Waals surface area contributed by atoms with Crippen LogP contribution in [0.5, 0.6) is 5.75 Å². The van der Waals surface area contributed by atoms with E-state index in [9.17, 15) is 31.9 Å². The third-order valence-electron chi connectivity index (χ3n) is 5.98. The third kappa shape index (κ3) is 4.42. The van der Waals surface area contributed by atoms with Gasteiger partial charge < -0.3 is 25.0 Å². The van der Waals surface area contributed by atoms with E-state index in [1.54, 1.807) is 0 Å². The lowest BCUT2D eigenvalue weighted by atomic mass is 9.77. The predicted octanol–water partition coefficient (Wildman–Crippen LogP) is 2.87. The van der Waals surface area contributed by atoms with E-state index >= 15 is 0 Å². The summed E-state index contributed by atoms with van der Waals surface area (Å²) >= 11 is 0. The minimum atomic E-state index is -4.89. The van der Waals surface area contributed by atoms with Crippen molar-refractivity contribution in [2.45, 2.75) is 43.8 Å². The summed E-state index contributed by atoms with van der Waals surface area (Å²) in [5.74, 6) is -7.23. The molecule has 1 amide bonds. The zero-order valence-corrected chi connectivity index (χ0v) is 18.2. The molecule has 2 heterocycles. The molecule has 0 radical (unpaired) electrons. The highest BCUT2D eigenvalue weighted by Crippen LogP contribution is 2.54. The van der Waals surface area contributed by atoms with Crippen molar-refractivity contribution >= 4 is 11.6 Å². The quantitative estimate of drug-likeness (QED) is 0.533. The van der Waals surface area contributed by atoms with E-state index in [2.05, 4.69) is 15.3 Å². The molecule has 34 heavy (non-hydrogen) atoms. The fraction of sp³-hybridized carbons (Fsp3) is 0.476. The van der Waals surface area contributed by atoms with Crippen LogP contribution in [0.25, 0.3) is 0 Å². The van der Waals surface area contributed by atoms with Gasteiger partial charge >= 0.3 is 6.18 Å². The second-order valence-corrected chi connectivity index (χ2v) is 7.96. The number of aliphatic hydroxyl groups excluding tert-OH is 2. The van der Waals surface area contributed by atoms with Gasteiger partial charge in [0.2, 0.25) is 5.82 Å². The summed E-state index contributed by atoms with van der Waals surface area (Å²) in [5.41, 5.74) is -2.99. The topological polar surface area (TPSA) is 114 Å². The molecule has 5 atom stereocenters. The molecule has 0 spiro atoms. The van der Waals surface area contributed by atoms with Crippen molar-refractivity contribution in [1.29, 1.82) is 0 Å². The Labute approximate surface area is 190 Å². The Kier molecular flexibility index (Phi) is 7.10. The second-order valence-electron chi connectivity index (χ2n) is 7.96. The van der Waals surface area contributed by atoms with E-state index in [0.29, 0.717) is 0 Å². The average Bonchev–Trinajstić information content (AvgIpc) is 3.07. The van der Waals surface area contributed by atoms with Crippen LogP contribution < -0.4 is 10.1 Å². The molecule has 186 valence electrons. The van der Waals surface area contributed by atoms with Crippen LogP contribution in [0.1, 0.15) is 37.3 Å². The lowest BCUT2D eigenvalue weighted by molar-refractivity contribution is -0.272. The monoisotopic (exact) mass is 491 g/mol. The van der Waals surface area contributed by atoms with Crippen LogP contribution in [-0.4, -0.2) is 57.7 Å². The van der Waals surface area contributed by atoms with E-state index in [1.807, 2.05) is 0 Å². The molecular weight excluding hydrogens is 469 g/mol. The van der Waals surface area contributed by atoms with Gasteiger partial charge in [0, 0.05) is 17.4 Å². The van der Waals surface area contributed by atoms with Crippen molar-refractivity contribution in [2.75, 3.05) is 19.0 Å². The van der Waals surface area contributed by atoms with Gasteiger partial charge in [0.25, 0.3) is 5.91 Å². The number of benzene rings is 1. The Morgan fingerprint density at radius 3 is 2.44 bits per heavy atom. The smallest absolute Gasteiger partial charge is 0.417 e. The van der Waals surface area contributed by atoms with Gasteiger partial charge in [0.15, 0.2) is 23.0 Å². The second kappa shape index (κ2) is 9.39. The summed E-state index contributed by atoms with van der Waals surface area (Å²) < 4.78 is 80.1. The average molecular weight is 491 g/mol. The van der Waals surface area contributed by atoms with Crippen LogP contribution in [-0.2, 0) is 9.53 Å². The zero-order valence-electron chi connectivity index (χ0n) is 18.2. The molecule has 8 nitrogen and oxygen atoms in total. The highest BCUT2D eigenvalue weighted by atomic mass is 19.4. The van der Waals surface area contributed by atoms with E-state index < -0.39 is 65.7 Å². The van der Waals surface area contributed by atoms with Gasteiger partial charge in [-0.1, -0.05) is 13.0 Å². The summed E-state index contributed by atoms with van der Waals surface area (Å²) in [4.78, 5) is 20.6. The number of halogens is 5. The van der Waals surface area contributed by atoms with Crippen LogP contribution in [0.4, 0.5) is 27.6 Å². The molecule has 13 heteroatoms. The van der Waals surface area contributed by atoms with Gasteiger partial charge in [-0.2, -0.15) is 17.6 Å². The summed E-state index contributed by atoms with van der Waals surface area (Å²) in [5, 5.41) is 20.8. The Balaban J connectivity index is 2.01. The fourth-order valence-corrected chi connectivity index (χ4v) is 3.91. The Hall–Kier alpha value is -2.90. The number of alkyl halides is 3. The van der Waals surface area contributed by atoms with Gasteiger partial charge in [0.05, 0.1) is 31.8 Å². The van der Waals surface area contributed by atoms with Crippen LogP contribution in [0.15, 0.2) is 24.5 Å². The van der Waals surface area contributed by atoms with Crippen molar-refractivity contribution in [3.05, 3.63) is 47.5 Å². The van der Waals surface area contributed by atoms with E-state index in [4.69, 9.17) is 14.6 Å². The SMILES string of the molecule is COc1c(C2[C@H](C(=O)Nc3cnc([C@@H](O)CO)nc3)O[C@@](C)(C(F)(F)F)[C@H]2C)ccc(F)c1F. The number of hydrogen-bond acceptors (Lipinski definition) is 7. The zero-order chi connectivity index (χ0) is 25.4. The summed E-state index contributed by atoms with van der Waals surface area (Å²) in [6.07, 6.45) is -5.87. The maximum absolute atomic E-state index is 14.4. The van der Waals surface area contributed by atoms with Crippen LogP contribution in [0, 0.1) is 17.6 Å². The predicted molar refractivity (Wildman–Crippen MR) is 107 cm³/mol. The number of ether oxygens (including phenoxy) is 2. The van der Waals surface area contributed by atoms with Crippen LogP contribution in [0.3, 0.4) is 0 Å². The number of hydrogen-bond donors (Lipinski definition) is 3. The van der Waals surface area contributed by atoms with Crippen molar-refractivity contribution in [1.82, 2.24) is 9.97 Å². The van der Waals surface area contributed by atoms with Gasteiger partial charge in [-0.3, -0.25) is 4.79 Å². The Morgan fingerprint density at radius 1 is 1.29 bits per heavy atom. The van der Waals surface area contributed by atoms with Crippen molar-refractivity contribution in [3.8, 4) is 5.75 Å². The molecule has 0 aliphatic carbocycles. The lowest BCUT2D eigenvalue weighted by Gasteiger charge is -2.32. The maximum atomic E-state index is 14.4. The van der Waals surface area contributed by atoms with Crippen molar-refractivity contribution < 1.29 is 46.4 Å². The lowest BCUT2D eigenvalue weighted by Crippen LogP contribution is -2.47. The molecule has 3 rings (SSSR count). The normalized spacial score (nSPS) is 25.8. The number of aromatic nitrogens is 2. The number of methoxy groups -OCH3 is 1. The molecule has 0 bridgehead atoms. The molecule has 1 aliphatic heterocycles. The first-order valence-electron chi connectivity index (χ1n) is 10.0. The minimum absolute atomic E-state index is 0.0354. The molecule has 1 unspecified atom stereocenters. The molecule has 1 fully saturated rings. The molecule has 1 aromatic heterocycles. The molecule has 2 aromatic rings. The Morgan fingerprint density at radius 2 is 1.91 bits per heavy atom. The first-order chi connectivity index (χ1) is 15.9. The minimum Gasteiger partial charge on any atom is -0.493 e. The first kappa shape index (κ1) is 25.7. The highest BCUT2D eigenvalue weighted by molar-refractivity contribution is 5.95. The number of amides is 1. The molecule has 3 N–H and O–H groups in total. The molecule has 1 aromatic carbocycles. The number of carbonyl (C=O) groups is 1. The summed E-state index contributed by atoms with van der Waals surface area (Å²) in [6.45, 7) is 1.33. The molecule has 0 saturated carbocycles. The van der Waals surface area contributed by atoms with Gasteiger partial charge in [0.1, 0.15) is 12.2 Å². The van der Waals surface area contributed by atoms with Crippen LogP contribution >= 0.6 is 0 Å². The molecule has 1 saturated heterocycles. The van der Waals surface area contributed by atoms with E-state index in [0.717, 1.165) is 38.6 Å². The first-order valence-corrected chi connectivity index (χ1v) is 10.0. The number of nitrogens with zero attached hydrogens (tertiary/aromatic N) is 2. The number of carbonyl (C=O) groups excluding carboxylic acids is 1. The summed E-state index contributed by atoms with van der Waals surface area (Å²) in [6, 6.07) is 1.79. The number of anilines is 1. The van der Waals surface area contributed by atoms with E-state index in [1.165, 1.54) is 6.92 Å². The Bertz CT molecular complexity index is 1050. The largest absolute Gasteiger partial charge is 0.493 e. The van der Waals surface area contributed by atoms with Crippen molar-refractivity contribution in [3.63, 3.8) is 0 Å².